The molecule has 5 atom stereocenters. The summed E-state index contributed by atoms with van der Waals surface area (Å²) in [4.78, 5) is 0.877. The second-order valence-electron chi connectivity index (χ2n) is 4.13. The predicted octanol–water partition coefficient (Wildman–Crippen LogP) is -0.421. The second-order valence-corrected chi connectivity index (χ2v) is 5.30. The lowest BCUT2D eigenvalue weighted by molar-refractivity contribution is -0.205. The number of aliphatic hydroxyl groups is 4. The molecular formula is C12H16O5S. The number of thioether (sulfide) groups is 1. The average molecular weight is 272 g/mol. The molecule has 0 spiro atoms. The third-order valence-corrected chi connectivity index (χ3v) is 4.01. The van der Waals surface area contributed by atoms with Crippen LogP contribution in [0.3, 0.4) is 0 Å². The van der Waals surface area contributed by atoms with Crippen LogP contribution in [0.1, 0.15) is 0 Å². The molecule has 2 rings (SSSR count). The maximum absolute atomic E-state index is 9.85. The molecule has 6 heteroatoms. The maximum atomic E-state index is 9.85. The summed E-state index contributed by atoms with van der Waals surface area (Å²) in [5.41, 5.74) is -0.719. The first-order valence-electron chi connectivity index (χ1n) is 5.65. The third-order valence-electron chi connectivity index (χ3n) is 2.84. The smallest absolute Gasteiger partial charge is 0.136 e. The van der Waals surface area contributed by atoms with Crippen LogP contribution < -0.4 is 0 Å². The lowest BCUT2D eigenvalue weighted by atomic mass is 10.0. The SMILES string of the molecule is OC[C@@H]1O[C@@H](Sc2ccccc2)[C@H](O)[C@H](O)[C@@H]1O. The van der Waals surface area contributed by atoms with Crippen LogP contribution in [0.25, 0.3) is 0 Å². The van der Waals surface area contributed by atoms with E-state index in [9.17, 15) is 15.3 Å². The minimum Gasteiger partial charge on any atom is -0.394 e. The van der Waals surface area contributed by atoms with Crippen LogP contribution in [0, 0.1) is 0 Å². The van der Waals surface area contributed by atoms with Gasteiger partial charge in [-0.25, -0.2) is 0 Å². The summed E-state index contributed by atoms with van der Waals surface area (Å²) in [6.45, 7) is -0.406. The molecule has 0 aliphatic carbocycles. The summed E-state index contributed by atoms with van der Waals surface area (Å²) in [7, 11) is 0. The summed E-state index contributed by atoms with van der Waals surface area (Å²) in [6.07, 6.45) is -4.69. The van der Waals surface area contributed by atoms with Gasteiger partial charge >= 0.3 is 0 Å². The van der Waals surface area contributed by atoms with Crippen LogP contribution in [0.5, 0.6) is 0 Å². The van der Waals surface area contributed by atoms with Crippen LogP contribution in [0.2, 0.25) is 0 Å². The molecule has 0 radical (unpaired) electrons. The van der Waals surface area contributed by atoms with Crippen LogP contribution in [-0.4, -0.2) is 56.9 Å². The van der Waals surface area contributed by atoms with Gasteiger partial charge in [-0.05, 0) is 12.1 Å². The Morgan fingerprint density at radius 1 is 1.00 bits per heavy atom. The van der Waals surface area contributed by atoms with Crippen molar-refractivity contribution in [2.75, 3.05) is 6.61 Å². The molecule has 1 saturated heterocycles. The van der Waals surface area contributed by atoms with Crippen LogP contribution in [0.4, 0.5) is 0 Å². The number of ether oxygens (including phenoxy) is 1. The second kappa shape index (κ2) is 6.01. The van der Waals surface area contributed by atoms with Gasteiger partial charge in [0, 0.05) is 4.90 Å². The summed E-state index contributed by atoms with van der Waals surface area (Å²) < 4.78 is 5.39. The van der Waals surface area contributed by atoms with Crippen LogP contribution in [-0.2, 0) is 4.74 Å². The molecule has 0 aromatic heterocycles. The minimum absolute atomic E-state index is 0.406. The van der Waals surface area contributed by atoms with Crippen molar-refractivity contribution in [2.24, 2.45) is 0 Å². The van der Waals surface area contributed by atoms with Gasteiger partial charge in [-0.15, -0.1) is 0 Å². The van der Waals surface area contributed by atoms with E-state index < -0.39 is 36.5 Å². The van der Waals surface area contributed by atoms with Crippen molar-refractivity contribution in [1.29, 1.82) is 0 Å². The van der Waals surface area contributed by atoms with Crippen molar-refractivity contribution in [2.45, 2.75) is 34.7 Å². The van der Waals surface area contributed by atoms with E-state index in [2.05, 4.69) is 0 Å². The van der Waals surface area contributed by atoms with Gasteiger partial charge in [-0.3, -0.25) is 0 Å². The first-order chi connectivity index (χ1) is 8.63. The number of hydrogen-bond acceptors (Lipinski definition) is 6. The highest BCUT2D eigenvalue weighted by Crippen LogP contribution is 2.32. The molecule has 0 saturated carbocycles. The first-order valence-corrected chi connectivity index (χ1v) is 6.53. The largest absolute Gasteiger partial charge is 0.394 e. The Balaban J connectivity index is 2.08. The van der Waals surface area contributed by atoms with Crippen LogP contribution >= 0.6 is 11.8 Å². The lowest BCUT2D eigenvalue weighted by Gasteiger charge is -2.39. The Hall–Kier alpha value is -0.630. The molecule has 5 nitrogen and oxygen atoms in total. The molecule has 1 aromatic carbocycles. The number of rotatable bonds is 3. The Morgan fingerprint density at radius 2 is 1.67 bits per heavy atom. The summed E-state index contributed by atoms with van der Waals surface area (Å²) >= 11 is 1.24. The van der Waals surface area contributed by atoms with E-state index in [0.717, 1.165) is 4.90 Å². The third kappa shape index (κ3) is 2.85. The van der Waals surface area contributed by atoms with Crippen molar-refractivity contribution in [3.8, 4) is 0 Å². The van der Waals surface area contributed by atoms with Crippen molar-refractivity contribution in [1.82, 2.24) is 0 Å². The molecule has 1 heterocycles. The normalized spacial score (nSPS) is 36.6. The molecular weight excluding hydrogens is 256 g/mol. The summed E-state index contributed by atoms with van der Waals surface area (Å²) in [6, 6.07) is 9.29. The Morgan fingerprint density at radius 3 is 2.28 bits per heavy atom. The molecule has 1 fully saturated rings. The van der Waals surface area contributed by atoms with E-state index in [-0.39, 0.29) is 0 Å². The van der Waals surface area contributed by atoms with Gasteiger partial charge in [0.15, 0.2) is 0 Å². The highest BCUT2D eigenvalue weighted by Gasteiger charge is 2.43. The van der Waals surface area contributed by atoms with Gasteiger partial charge in [-0.1, -0.05) is 30.0 Å². The zero-order chi connectivity index (χ0) is 13.1. The number of aliphatic hydroxyl groups excluding tert-OH is 4. The zero-order valence-electron chi connectivity index (χ0n) is 9.59. The Bertz CT molecular complexity index is 372. The highest BCUT2D eigenvalue weighted by molar-refractivity contribution is 7.99. The van der Waals surface area contributed by atoms with Crippen molar-refractivity contribution in [3.63, 3.8) is 0 Å². The van der Waals surface area contributed by atoms with Gasteiger partial charge in [0.05, 0.1) is 6.61 Å². The number of benzene rings is 1. The molecule has 4 N–H and O–H groups in total. The molecule has 18 heavy (non-hydrogen) atoms. The van der Waals surface area contributed by atoms with Crippen molar-refractivity contribution >= 4 is 11.8 Å². The predicted molar refractivity (Wildman–Crippen MR) is 66.1 cm³/mol. The minimum atomic E-state index is -1.32. The van der Waals surface area contributed by atoms with Crippen LogP contribution in [0.15, 0.2) is 35.2 Å². The van der Waals surface area contributed by atoms with Gasteiger partial charge in [0.25, 0.3) is 0 Å². The molecule has 1 aromatic rings. The summed E-state index contributed by atoms with van der Waals surface area (Å²) in [5, 5.41) is 38.2. The Labute approximate surface area is 109 Å². The maximum Gasteiger partial charge on any atom is 0.136 e. The van der Waals surface area contributed by atoms with E-state index in [1.165, 1.54) is 11.8 Å². The fourth-order valence-electron chi connectivity index (χ4n) is 1.80. The molecule has 1 aliphatic rings. The van der Waals surface area contributed by atoms with Crippen molar-refractivity contribution in [3.05, 3.63) is 30.3 Å². The standard InChI is InChI=1S/C12H16O5S/c13-6-8-9(14)10(15)11(16)12(17-8)18-7-4-2-1-3-5-7/h1-5,8-16H,6H2/t8-,9+,10+,11+,12-/m0/s1. The highest BCUT2D eigenvalue weighted by atomic mass is 32.2. The molecule has 100 valence electrons. The van der Waals surface area contributed by atoms with Crippen molar-refractivity contribution < 1.29 is 25.2 Å². The quantitative estimate of drug-likeness (QED) is 0.597. The zero-order valence-corrected chi connectivity index (χ0v) is 10.4. The monoisotopic (exact) mass is 272 g/mol. The van der Waals surface area contributed by atoms with E-state index in [0.29, 0.717) is 0 Å². The average Bonchev–Trinajstić information content (AvgIpc) is 2.40. The molecule has 0 unspecified atom stereocenters. The van der Waals surface area contributed by atoms with E-state index in [1.807, 2.05) is 30.3 Å². The first kappa shape index (κ1) is 13.8. The fourth-order valence-corrected chi connectivity index (χ4v) is 2.88. The van der Waals surface area contributed by atoms with Gasteiger partial charge in [-0.2, -0.15) is 0 Å². The van der Waals surface area contributed by atoms with Gasteiger partial charge in [0.1, 0.15) is 29.9 Å². The van der Waals surface area contributed by atoms with E-state index in [4.69, 9.17) is 9.84 Å². The van der Waals surface area contributed by atoms with Gasteiger partial charge < -0.3 is 25.2 Å². The fraction of sp³-hybridized carbons (Fsp3) is 0.500. The molecule has 0 amide bonds. The topological polar surface area (TPSA) is 90.2 Å². The lowest BCUT2D eigenvalue weighted by Crippen LogP contribution is -2.57. The molecule has 1 aliphatic heterocycles. The molecule has 0 bridgehead atoms. The number of hydrogen-bond donors (Lipinski definition) is 4. The Kier molecular flexibility index (Phi) is 4.60. The van der Waals surface area contributed by atoms with E-state index in [1.54, 1.807) is 0 Å². The summed E-state index contributed by atoms with van der Waals surface area (Å²) in [5.74, 6) is 0. The van der Waals surface area contributed by atoms with E-state index >= 15 is 0 Å². The van der Waals surface area contributed by atoms with Gasteiger partial charge in [0.2, 0.25) is 0 Å².